The van der Waals surface area contributed by atoms with Gasteiger partial charge in [-0.15, -0.1) is 0 Å². The molecule has 0 aliphatic heterocycles. The van der Waals surface area contributed by atoms with Crippen molar-refractivity contribution in [1.82, 2.24) is 0 Å². The molecular formula is C6H4N2VWY-2. The second kappa shape index (κ2) is 11.2. The Labute approximate surface area is 111 Å². The number of aliphatic imine (C=N–C) groups is 2. The molecule has 0 bridgehead atoms. The number of rotatable bonds is 3. The first kappa shape index (κ1) is 14.7. The van der Waals surface area contributed by atoms with Crippen LogP contribution in [0, 0.1) is 6.20 Å². The average molecular weight is 428 g/mol. The number of nitrogens with zero attached hydrogens (tertiary/aromatic N) is 2. The van der Waals surface area contributed by atoms with Crippen molar-refractivity contribution in [3.63, 3.8) is 0 Å². The standard InChI is InChI=1S/C6H4N2.V.W.Y/c1-3-4-5-8-6-7-2;;;/h4H,1H3;;;/q-2;;;. The van der Waals surface area contributed by atoms with Crippen LogP contribution in [0.3, 0.4) is 0 Å². The second-order valence-corrected chi connectivity index (χ2v) is 3.09. The summed E-state index contributed by atoms with van der Waals surface area (Å²) < 4.78 is 3.69. The molecule has 0 spiro atoms. The van der Waals surface area contributed by atoms with Crippen LogP contribution in [0.4, 0.5) is 0 Å². The van der Waals surface area contributed by atoms with Crippen LogP contribution in [0.2, 0.25) is 0 Å². The van der Waals surface area contributed by atoms with Crippen molar-refractivity contribution in [3.05, 3.63) is 12.3 Å². The van der Waals surface area contributed by atoms with Gasteiger partial charge in [0.1, 0.15) is 0 Å². The van der Waals surface area contributed by atoms with E-state index in [1.165, 1.54) is 0 Å². The first-order valence-corrected chi connectivity index (χ1v) is 4.56. The molecular weight excluding hydrogens is 424 g/mol. The van der Waals surface area contributed by atoms with Crippen LogP contribution in [0.1, 0.15) is 6.92 Å². The molecule has 5 heteroatoms. The van der Waals surface area contributed by atoms with Gasteiger partial charge in [0.15, 0.2) is 0 Å². The van der Waals surface area contributed by atoms with E-state index >= 15 is 0 Å². The van der Waals surface area contributed by atoms with Crippen LogP contribution in [-0.4, -0.2) is 14.8 Å². The van der Waals surface area contributed by atoms with Gasteiger partial charge in [-0.25, -0.2) is 0 Å². The van der Waals surface area contributed by atoms with E-state index in [4.69, 9.17) is 0 Å². The maximum absolute atomic E-state index is 3.60. The fourth-order valence-corrected chi connectivity index (χ4v) is 0.437. The molecule has 11 heavy (non-hydrogen) atoms. The van der Waals surface area contributed by atoms with Crippen molar-refractivity contribution in [3.8, 4) is 0 Å². The van der Waals surface area contributed by atoms with E-state index in [-0.39, 0.29) is 32.7 Å². The van der Waals surface area contributed by atoms with Gasteiger partial charge in [0.2, 0.25) is 0 Å². The zero-order valence-electron chi connectivity index (χ0n) is 5.90. The smallest absolute Gasteiger partial charge is 0 e. The average Bonchev–Trinajstić information content (AvgIpc) is 1.87. The van der Waals surface area contributed by atoms with Gasteiger partial charge in [0.05, 0.1) is 0 Å². The number of hydrogen-bond acceptors (Lipinski definition) is 1. The molecule has 0 amide bonds. The first-order valence-electron chi connectivity index (χ1n) is 2.40. The monoisotopic (exact) mass is 428 g/mol. The molecule has 0 atom stereocenters. The molecule has 0 aromatic heterocycles. The van der Waals surface area contributed by atoms with E-state index in [0.29, 0.717) is 0 Å². The molecule has 2 nitrogen and oxygen atoms in total. The summed E-state index contributed by atoms with van der Waals surface area (Å²) in [6, 6.07) is 0. The van der Waals surface area contributed by atoms with Crippen LogP contribution >= 0.6 is 0 Å². The fraction of sp³-hybridized carbons (Fsp3) is 0.167. The molecule has 0 heterocycles. The zero-order chi connectivity index (χ0) is 7.82. The predicted octanol–water partition coefficient (Wildman–Crippen LogP) is 0.397. The quantitative estimate of drug-likeness (QED) is 0.354. The molecule has 0 saturated carbocycles. The van der Waals surface area contributed by atoms with Gasteiger partial charge in [-0.1, -0.05) is 0 Å². The summed E-state index contributed by atoms with van der Waals surface area (Å²) in [5.74, 6) is 0. The third-order valence-electron chi connectivity index (χ3n) is 0.484. The van der Waals surface area contributed by atoms with Crippen molar-refractivity contribution in [1.29, 1.82) is 0 Å². The van der Waals surface area contributed by atoms with E-state index in [1.807, 2.05) is 6.92 Å². The van der Waals surface area contributed by atoms with E-state index in [0.717, 1.165) is 23.6 Å². The van der Waals surface area contributed by atoms with Gasteiger partial charge in [-0.3, -0.25) is 0 Å². The Hall–Kier alpha value is 1.24. The second-order valence-electron chi connectivity index (χ2n) is 1.33. The van der Waals surface area contributed by atoms with Gasteiger partial charge >= 0.3 is 80.3 Å². The summed E-state index contributed by atoms with van der Waals surface area (Å²) in [4.78, 5) is 7.14. The van der Waals surface area contributed by atoms with Gasteiger partial charge in [0.25, 0.3) is 0 Å². The molecule has 0 rings (SSSR count). The summed E-state index contributed by atoms with van der Waals surface area (Å²) in [5.41, 5.74) is 0. The summed E-state index contributed by atoms with van der Waals surface area (Å²) in [7, 11) is 0. The van der Waals surface area contributed by atoms with Crippen LogP contribution in [0.5, 0.6) is 0 Å². The third-order valence-corrected chi connectivity index (χ3v) is 1.01. The van der Waals surface area contributed by atoms with E-state index in [9.17, 15) is 0 Å². The maximum atomic E-state index is 3.60. The van der Waals surface area contributed by atoms with Crippen molar-refractivity contribution in [2.45, 2.75) is 6.92 Å². The Kier molecular flexibility index (Phi) is 15.1. The topological polar surface area (TPSA) is 24.7 Å². The molecule has 0 N–H and O–H groups in total. The molecule has 0 aliphatic rings. The summed E-state index contributed by atoms with van der Waals surface area (Å²) in [5, 5.41) is 0. The predicted molar refractivity (Wildman–Crippen MR) is 33.4 cm³/mol. The van der Waals surface area contributed by atoms with Crippen molar-refractivity contribution >= 4 is 14.8 Å². The normalized spacial score (nSPS) is 9.09. The van der Waals surface area contributed by atoms with Crippen molar-refractivity contribution in [2.75, 3.05) is 0 Å². The Morgan fingerprint density at radius 2 is 2.36 bits per heavy atom. The van der Waals surface area contributed by atoms with Crippen LogP contribution in [0.15, 0.2) is 16.1 Å². The molecule has 0 aromatic carbocycles. The Bertz CT molecular complexity index is 209. The SMILES string of the molecule is C[C](=[V])C=[C-]N=[C-]N=[C]=[W].[Y]. The van der Waals surface area contributed by atoms with Gasteiger partial charge < -0.3 is 0 Å². The fourth-order valence-electron chi connectivity index (χ4n) is 0.200. The summed E-state index contributed by atoms with van der Waals surface area (Å²) >= 11 is 3.55. The minimum Gasteiger partial charge on any atom is 0 e. The molecule has 1 radical (unpaired) electrons. The van der Waals surface area contributed by atoms with Gasteiger partial charge in [0, 0.05) is 32.7 Å². The van der Waals surface area contributed by atoms with Crippen LogP contribution in [0.25, 0.3) is 0 Å². The molecule has 0 aromatic rings. The van der Waals surface area contributed by atoms with Gasteiger partial charge in [-0.05, 0) is 0 Å². The maximum Gasteiger partial charge on any atom is 0 e. The molecule has 0 aliphatic carbocycles. The Balaban J connectivity index is 0. The van der Waals surface area contributed by atoms with Crippen LogP contribution < -0.4 is 0 Å². The summed E-state index contributed by atoms with van der Waals surface area (Å²) in [6.45, 7) is 1.95. The van der Waals surface area contributed by atoms with Crippen LogP contribution in [-0.2, 0) is 69.0 Å². The largest absolute Gasteiger partial charge is 0 e. The molecule has 0 saturated heterocycles. The Morgan fingerprint density at radius 1 is 1.73 bits per heavy atom. The molecule has 54 valence electrons. The first-order chi connectivity index (χ1) is 4.77. The Morgan fingerprint density at radius 3 is 2.82 bits per heavy atom. The number of allylic oxidation sites excluding steroid dienone is 1. The van der Waals surface area contributed by atoms with E-state index in [2.05, 4.69) is 43.7 Å². The zero-order valence-corrected chi connectivity index (χ0v) is 13.1. The third kappa shape index (κ3) is 14.1. The van der Waals surface area contributed by atoms with E-state index < -0.39 is 0 Å². The minimum absolute atomic E-state index is 0. The van der Waals surface area contributed by atoms with Crippen molar-refractivity contribution < 1.29 is 69.0 Å². The summed E-state index contributed by atoms with van der Waals surface area (Å²) in [6.07, 6.45) is 6.76. The van der Waals surface area contributed by atoms with Crippen molar-refractivity contribution in [2.24, 2.45) is 9.98 Å². The number of hydrogen-bond donors (Lipinski definition) is 0. The van der Waals surface area contributed by atoms with E-state index in [1.54, 1.807) is 6.08 Å². The minimum atomic E-state index is 0. The van der Waals surface area contributed by atoms with Gasteiger partial charge in [-0.2, -0.15) is 0 Å². The molecule has 0 unspecified atom stereocenters. The molecule has 0 fully saturated rings.